The van der Waals surface area contributed by atoms with Gasteiger partial charge in [0.05, 0.1) is 7.11 Å². The second-order valence-electron chi connectivity index (χ2n) is 2.05. The normalized spacial score (nSPS) is 9.64. The molecule has 0 saturated carbocycles. The molecule has 3 N–H and O–H groups in total. The van der Waals surface area contributed by atoms with E-state index in [2.05, 4.69) is 15.9 Å². The van der Waals surface area contributed by atoms with Gasteiger partial charge >= 0.3 is 0 Å². The summed E-state index contributed by atoms with van der Waals surface area (Å²) in [6.45, 7) is 0. The van der Waals surface area contributed by atoms with Crippen LogP contribution in [0.2, 0.25) is 0 Å². The number of nitrogen functional groups attached to an aromatic ring is 1. The molecule has 0 amide bonds. The molecule has 0 unspecified atom stereocenters. The van der Waals surface area contributed by atoms with Crippen molar-refractivity contribution in [1.82, 2.24) is 0 Å². The Hall–Kier alpha value is -0.900. The number of hydrogen-bond donors (Lipinski definition) is 2. The lowest BCUT2D eigenvalue weighted by Gasteiger charge is -2.04. The van der Waals surface area contributed by atoms with Crippen LogP contribution in [0.5, 0.6) is 11.5 Å². The highest BCUT2D eigenvalue weighted by Crippen LogP contribution is 2.33. The molecule has 0 aliphatic rings. The Morgan fingerprint density at radius 3 is 2.73 bits per heavy atom. The van der Waals surface area contributed by atoms with Gasteiger partial charge in [0.25, 0.3) is 0 Å². The van der Waals surface area contributed by atoms with Gasteiger partial charge in [0, 0.05) is 22.3 Å². The van der Waals surface area contributed by atoms with Crippen molar-refractivity contribution in [3.05, 3.63) is 16.6 Å². The van der Waals surface area contributed by atoms with Crippen molar-refractivity contribution in [2.75, 3.05) is 12.8 Å². The van der Waals surface area contributed by atoms with Gasteiger partial charge in [-0.15, -0.1) is 0 Å². The molecular weight excluding hydrogens is 210 g/mol. The predicted octanol–water partition coefficient (Wildman–Crippen LogP) is 1.75. The maximum Gasteiger partial charge on any atom is 0.161 e. The van der Waals surface area contributed by atoms with Gasteiger partial charge in [-0.05, 0) is 15.9 Å². The van der Waals surface area contributed by atoms with Crippen LogP contribution in [-0.2, 0) is 0 Å². The fourth-order valence-corrected chi connectivity index (χ4v) is 1.05. The van der Waals surface area contributed by atoms with Crippen LogP contribution >= 0.6 is 15.9 Å². The zero-order valence-electron chi connectivity index (χ0n) is 5.97. The number of halogens is 1. The fraction of sp³-hybridized carbons (Fsp3) is 0.143. The third-order valence-electron chi connectivity index (χ3n) is 1.30. The number of benzene rings is 1. The van der Waals surface area contributed by atoms with Gasteiger partial charge in [-0.1, -0.05) is 0 Å². The Morgan fingerprint density at radius 1 is 1.55 bits per heavy atom. The summed E-state index contributed by atoms with van der Waals surface area (Å²) in [6.07, 6.45) is 0. The number of hydrogen-bond acceptors (Lipinski definition) is 3. The van der Waals surface area contributed by atoms with E-state index >= 15 is 0 Å². The van der Waals surface area contributed by atoms with Crippen molar-refractivity contribution in [2.45, 2.75) is 0 Å². The molecule has 0 bridgehead atoms. The van der Waals surface area contributed by atoms with Crippen molar-refractivity contribution >= 4 is 21.6 Å². The van der Waals surface area contributed by atoms with Gasteiger partial charge < -0.3 is 15.6 Å². The molecule has 0 aromatic heterocycles. The van der Waals surface area contributed by atoms with E-state index in [9.17, 15) is 5.11 Å². The maximum absolute atomic E-state index is 9.19. The van der Waals surface area contributed by atoms with Crippen LogP contribution in [0, 0.1) is 0 Å². The number of methoxy groups -OCH3 is 1. The van der Waals surface area contributed by atoms with Crippen LogP contribution in [0.1, 0.15) is 0 Å². The molecule has 0 aliphatic carbocycles. The van der Waals surface area contributed by atoms with E-state index in [1.54, 1.807) is 6.07 Å². The summed E-state index contributed by atoms with van der Waals surface area (Å²) in [6, 6.07) is 3.05. The van der Waals surface area contributed by atoms with Crippen LogP contribution in [-0.4, -0.2) is 12.2 Å². The van der Waals surface area contributed by atoms with Crippen molar-refractivity contribution in [3.63, 3.8) is 0 Å². The highest BCUT2D eigenvalue weighted by Gasteiger charge is 2.04. The second-order valence-corrected chi connectivity index (χ2v) is 2.90. The Balaban J connectivity index is 3.21. The van der Waals surface area contributed by atoms with Crippen molar-refractivity contribution < 1.29 is 9.84 Å². The first kappa shape index (κ1) is 8.20. The van der Waals surface area contributed by atoms with Crippen molar-refractivity contribution in [2.24, 2.45) is 0 Å². The van der Waals surface area contributed by atoms with E-state index in [1.807, 2.05) is 0 Å². The number of nitrogens with two attached hydrogens (primary N) is 1. The molecule has 0 atom stereocenters. The zero-order valence-corrected chi connectivity index (χ0v) is 7.55. The minimum absolute atomic E-state index is 0.0493. The summed E-state index contributed by atoms with van der Waals surface area (Å²) < 4.78 is 5.56. The molecule has 11 heavy (non-hydrogen) atoms. The molecule has 0 radical (unpaired) electrons. The standard InChI is InChI=1S/C7H8BrNO2/c1-11-7-2-4(8)5(9)3-6(7)10/h2-3,10H,9H2,1H3. The second kappa shape index (κ2) is 3.00. The van der Waals surface area contributed by atoms with Crippen LogP contribution in [0.15, 0.2) is 16.6 Å². The third-order valence-corrected chi connectivity index (χ3v) is 1.98. The molecule has 3 nitrogen and oxygen atoms in total. The summed E-state index contributed by atoms with van der Waals surface area (Å²) in [7, 11) is 1.48. The first-order chi connectivity index (χ1) is 5.15. The topological polar surface area (TPSA) is 55.5 Å². The summed E-state index contributed by atoms with van der Waals surface area (Å²) >= 11 is 3.20. The molecule has 0 spiro atoms. The van der Waals surface area contributed by atoms with E-state index < -0.39 is 0 Å². The number of phenols is 1. The molecule has 0 aliphatic heterocycles. The molecule has 1 rings (SSSR count). The van der Waals surface area contributed by atoms with Gasteiger partial charge in [0.15, 0.2) is 11.5 Å². The average Bonchev–Trinajstić information content (AvgIpc) is 1.97. The average molecular weight is 218 g/mol. The largest absolute Gasteiger partial charge is 0.504 e. The minimum Gasteiger partial charge on any atom is -0.504 e. The number of ether oxygens (including phenoxy) is 1. The lowest BCUT2D eigenvalue weighted by Crippen LogP contribution is -1.89. The van der Waals surface area contributed by atoms with Crippen LogP contribution in [0.4, 0.5) is 5.69 Å². The Bertz CT molecular complexity index is 275. The number of anilines is 1. The summed E-state index contributed by atoms with van der Waals surface area (Å²) in [5, 5.41) is 9.19. The molecule has 1 aromatic rings. The Morgan fingerprint density at radius 2 is 2.18 bits per heavy atom. The van der Waals surface area contributed by atoms with Gasteiger partial charge in [0.1, 0.15) is 0 Å². The minimum atomic E-state index is 0.0493. The van der Waals surface area contributed by atoms with Crippen molar-refractivity contribution in [1.29, 1.82) is 0 Å². The van der Waals surface area contributed by atoms with E-state index in [4.69, 9.17) is 10.5 Å². The lowest BCUT2D eigenvalue weighted by molar-refractivity contribution is 0.373. The zero-order chi connectivity index (χ0) is 8.43. The fourth-order valence-electron chi connectivity index (χ4n) is 0.723. The van der Waals surface area contributed by atoms with Gasteiger partial charge in [-0.25, -0.2) is 0 Å². The monoisotopic (exact) mass is 217 g/mol. The Kier molecular flexibility index (Phi) is 2.24. The van der Waals surface area contributed by atoms with Gasteiger partial charge in [-0.2, -0.15) is 0 Å². The van der Waals surface area contributed by atoms with Crippen molar-refractivity contribution in [3.8, 4) is 11.5 Å². The molecule has 1 aromatic carbocycles. The lowest BCUT2D eigenvalue weighted by atomic mass is 10.3. The molecule has 0 saturated heterocycles. The smallest absolute Gasteiger partial charge is 0.161 e. The SMILES string of the molecule is COc1cc(Br)c(N)cc1O. The molecule has 0 fully saturated rings. The number of rotatable bonds is 1. The number of phenolic OH excluding ortho intramolecular Hbond substituents is 1. The van der Waals surface area contributed by atoms with Crippen LogP contribution < -0.4 is 10.5 Å². The number of aromatic hydroxyl groups is 1. The summed E-state index contributed by atoms with van der Waals surface area (Å²) in [4.78, 5) is 0. The van der Waals surface area contributed by atoms with E-state index in [-0.39, 0.29) is 5.75 Å². The third kappa shape index (κ3) is 1.57. The predicted molar refractivity (Wildman–Crippen MR) is 46.8 cm³/mol. The van der Waals surface area contributed by atoms with Crippen LogP contribution in [0.3, 0.4) is 0 Å². The molecule has 60 valence electrons. The molecular formula is C7H8BrNO2. The highest BCUT2D eigenvalue weighted by molar-refractivity contribution is 9.10. The molecule has 4 heteroatoms. The first-order valence-electron chi connectivity index (χ1n) is 2.97. The quantitative estimate of drug-likeness (QED) is 0.706. The molecule has 0 heterocycles. The maximum atomic E-state index is 9.19. The van der Waals surface area contributed by atoms with E-state index in [1.165, 1.54) is 13.2 Å². The van der Waals surface area contributed by atoms with Gasteiger partial charge in [-0.3, -0.25) is 0 Å². The summed E-state index contributed by atoms with van der Waals surface area (Å²) in [5.74, 6) is 0.458. The van der Waals surface area contributed by atoms with Crippen LogP contribution in [0.25, 0.3) is 0 Å². The Labute approximate surface area is 72.9 Å². The highest BCUT2D eigenvalue weighted by atomic mass is 79.9. The van der Waals surface area contributed by atoms with E-state index in [0.717, 1.165) is 0 Å². The first-order valence-corrected chi connectivity index (χ1v) is 3.76. The van der Waals surface area contributed by atoms with E-state index in [0.29, 0.717) is 15.9 Å². The summed E-state index contributed by atoms with van der Waals surface area (Å²) in [5.41, 5.74) is 5.97. The van der Waals surface area contributed by atoms with Gasteiger partial charge in [0.2, 0.25) is 0 Å².